The molecule has 0 aromatic carbocycles. The van der Waals surface area contributed by atoms with Crippen LogP contribution in [0.2, 0.25) is 0 Å². The predicted molar refractivity (Wildman–Crippen MR) is 39.0 cm³/mol. The summed E-state index contributed by atoms with van der Waals surface area (Å²) in [6.07, 6.45) is 0. The van der Waals surface area contributed by atoms with Crippen LogP contribution in [0.1, 0.15) is 0 Å². The smallest absolute Gasteiger partial charge is 0.169 e. The van der Waals surface area contributed by atoms with Gasteiger partial charge in [-0.3, -0.25) is 0 Å². The Hall–Kier alpha value is 1.12. The summed E-state index contributed by atoms with van der Waals surface area (Å²) in [6.45, 7) is 0. The standard InChI is InChI=1S/C2H2Cl4Si/c3-1(4)2(5)7-6/h7H2. The van der Waals surface area contributed by atoms with Crippen molar-refractivity contribution in [2.75, 3.05) is 0 Å². The highest BCUT2D eigenvalue weighted by molar-refractivity contribution is 7.03. The molecule has 0 saturated heterocycles. The first-order valence-electron chi connectivity index (χ1n) is 1.44. The molecule has 42 valence electrons. The predicted octanol–water partition coefficient (Wildman–Crippen LogP) is 2.15. The van der Waals surface area contributed by atoms with Gasteiger partial charge in [-0.25, -0.2) is 0 Å². The van der Waals surface area contributed by atoms with Crippen molar-refractivity contribution in [3.8, 4) is 0 Å². The minimum Gasteiger partial charge on any atom is -0.169 e. The van der Waals surface area contributed by atoms with Gasteiger partial charge in [0, 0.05) is 4.66 Å². The SMILES string of the molecule is Cl[SiH2]C(Cl)=C(Cl)Cl. The van der Waals surface area contributed by atoms with E-state index in [1.807, 2.05) is 0 Å². The Labute approximate surface area is 63.9 Å². The lowest BCUT2D eigenvalue weighted by Crippen LogP contribution is -1.75. The van der Waals surface area contributed by atoms with Crippen molar-refractivity contribution < 1.29 is 0 Å². The number of hydrogen-bond acceptors (Lipinski definition) is 0. The average molecular weight is 196 g/mol. The van der Waals surface area contributed by atoms with Gasteiger partial charge in [-0.2, -0.15) is 11.1 Å². The quantitative estimate of drug-likeness (QED) is 0.445. The van der Waals surface area contributed by atoms with Gasteiger partial charge in [0.05, 0.1) is 0 Å². The first-order chi connectivity index (χ1) is 3.18. The molecule has 0 atom stereocenters. The molecule has 0 unspecified atom stereocenters. The lowest BCUT2D eigenvalue weighted by atomic mass is 11.2. The van der Waals surface area contributed by atoms with Gasteiger partial charge in [0.1, 0.15) is 4.49 Å². The van der Waals surface area contributed by atoms with Crippen LogP contribution in [0.15, 0.2) is 9.15 Å². The van der Waals surface area contributed by atoms with Gasteiger partial charge < -0.3 is 0 Å². The van der Waals surface area contributed by atoms with Crippen molar-refractivity contribution in [1.29, 1.82) is 0 Å². The number of halogens is 4. The van der Waals surface area contributed by atoms with Crippen LogP contribution < -0.4 is 0 Å². The molecule has 0 fully saturated rings. The van der Waals surface area contributed by atoms with E-state index in [0.29, 0.717) is 4.66 Å². The average Bonchev–Trinajstić information content (AvgIpc) is 1.65. The van der Waals surface area contributed by atoms with Crippen molar-refractivity contribution in [1.82, 2.24) is 0 Å². The summed E-state index contributed by atoms with van der Waals surface area (Å²) in [6, 6.07) is 0. The molecule has 0 aromatic rings. The molecule has 0 heterocycles. The van der Waals surface area contributed by atoms with E-state index in [2.05, 4.69) is 0 Å². The van der Waals surface area contributed by atoms with Crippen LogP contribution in [0.5, 0.6) is 0 Å². The molecule has 0 N–H and O–H groups in total. The van der Waals surface area contributed by atoms with Crippen LogP contribution in [0.4, 0.5) is 0 Å². The molecule has 0 amide bonds. The summed E-state index contributed by atoms with van der Waals surface area (Å²) < 4.78 is 0.522. The first-order valence-corrected chi connectivity index (χ1v) is 5.42. The molecule has 0 radical (unpaired) electrons. The van der Waals surface area contributed by atoms with E-state index in [9.17, 15) is 0 Å². The second-order valence-corrected chi connectivity index (χ2v) is 4.43. The summed E-state index contributed by atoms with van der Waals surface area (Å²) in [5, 5.41) is 0. The minimum atomic E-state index is -0.856. The fourth-order valence-corrected chi connectivity index (χ4v) is 1.36. The van der Waals surface area contributed by atoms with Crippen molar-refractivity contribution in [2.45, 2.75) is 0 Å². The third-order valence-electron chi connectivity index (χ3n) is 0.322. The van der Waals surface area contributed by atoms with Gasteiger partial charge in [0.2, 0.25) is 0 Å². The van der Waals surface area contributed by atoms with Crippen LogP contribution in [0, 0.1) is 0 Å². The Bertz CT molecular complexity index is 83.7. The lowest BCUT2D eigenvalue weighted by molar-refractivity contribution is 2.24. The molecule has 0 bridgehead atoms. The molecule has 0 nitrogen and oxygen atoms in total. The van der Waals surface area contributed by atoms with Crippen molar-refractivity contribution in [3.05, 3.63) is 9.15 Å². The normalized spacial score (nSPS) is 10.3. The zero-order valence-electron chi connectivity index (χ0n) is 3.22. The number of hydrogen-bond donors (Lipinski definition) is 0. The molecule has 0 aromatic heterocycles. The molecular formula is C2H2Cl4Si. The zero-order valence-corrected chi connectivity index (χ0v) is 7.66. The third kappa shape index (κ3) is 3.68. The Balaban J connectivity index is 3.72. The lowest BCUT2D eigenvalue weighted by Gasteiger charge is -1.84. The van der Waals surface area contributed by atoms with Crippen molar-refractivity contribution in [3.63, 3.8) is 0 Å². The largest absolute Gasteiger partial charge is 0.173 e. The highest BCUT2D eigenvalue weighted by Crippen LogP contribution is 2.16. The fraction of sp³-hybridized carbons (Fsp3) is 0. The monoisotopic (exact) mass is 194 g/mol. The Morgan fingerprint density at radius 2 is 1.57 bits per heavy atom. The Morgan fingerprint density at radius 1 is 1.14 bits per heavy atom. The molecule has 0 aliphatic carbocycles. The fourth-order valence-electron chi connectivity index (χ4n) is 0.0505. The molecule has 0 aliphatic rings. The van der Waals surface area contributed by atoms with Gasteiger partial charge in [-0.05, 0) is 0 Å². The van der Waals surface area contributed by atoms with E-state index in [4.69, 9.17) is 45.9 Å². The van der Waals surface area contributed by atoms with Crippen LogP contribution in [-0.2, 0) is 0 Å². The van der Waals surface area contributed by atoms with Crippen molar-refractivity contribution in [2.24, 2.45) is 0 Å². The van der Waals surface area contributed by atoms with E-state index < -0.39 is 8.83 Å². The molecule has 0 aliphatic heterocycles. The molecule has 0 rings (SSSR count). The van der Waals surface area contributed by atoms with Gasteiger partial charge in [0.25, 0.3) is 0 Å². The van der Waals surface area contributed by atoms with Gasteiger partial charge in [-0.15, -0.1) is 0 Å². The van der Waals surface area contributed by atoms with E-state index >= 15 is 0 Å². The molecule has 5 heteroatoms. The van der Waals surface area contributed by atoms with E-state index in [1.165, 1.54) is 0 Å². The Morgan fingerprint density at radius 3 is 1.57 bits per heavy atom. The van der Waals surface area contributed by atoms with Crippen LogP contribution in [0.3, 0.4) is 0 Å². The maximum Gasteiger partial charge on any atom is 0.173 e. The second kappa shape index (κ2) is 4.04. The summed E-state index contributed by atoms with van der Waals surface area (Å²) >= 11 is 21.1. The van der Waals surface area contributed by atoms with E-state index in [1.54, 1.807) is 0 Å². The summed E-state index contributed by atoms with van der Waals surface area (Å²) in [5.74, 6) is 0. The topological polar surface area (TPSA) is 0 Å². The summed E-state index contributed by atoms with van der Waals surface area (Å²) in [7, 11) is -0.856. The number of rotatable bonds is 1. The second-order valence-electron chi connectivity index (χ2n) is 0.799. The Kier molecular flexibility index (Phi) is 4.69. The highest BCUT2D eigenvalue weighted by Gasteiger charge is 1.93. The first kappa shape index (κ1) is 8.12. The highest BCUT2D eigenvalue weighted by atomic mass is 35.6. The zero-order chi connectivity index (χ0) is 5.86. The summed E-state index contributed by atoms with van der Waals surface area (Å²) in [5.41, 5.74) is 0. The van der Waals surface area contributed by atoms with E-state index in [0.717, 1.165) is 0 Å². The van der Waals surface area contributed by atoms with Crippen LogP contribution in [-0.4, -0.2) is 8.83 Å². The van der Waals surface area contributed by atoms with Crippen LogP contribution in [0.25, 0.3) is 0 Å². The maximum absolute atomic E-state index is 5.35. The maximum atomic E-state index is 5.35. The minimum absolute atomic E-state index is 0.100. The summed E-state index contributed by atoms with van der Waals surface area (Å²) in [4.78, 5) is 0. The van der Waals surface area contributed by atoms with Gasteiger partial charge >= 0.3 is 0 Å². The third-order valence-corrected chi connectivity index (χ3v) is 3.81. The van der Waals surface area contributed by atoms with Crippen LogP contribution >= 0.6 is 45.9 Å². The van der Waals surface area contributed by atoms with Crippen molar-refractivity contribution >= 4 is 54.7 Å². The molecule has 7 heavy (non-hydrogen) atoms. The molecule has 0 saturated carbocycles. The molecular weight excluding hydrogens is 194 g/mol. The molecule has 0 spiro atoms. The van der Waals surface area contributed by atoms with Gasteiger partial charge in [-0.1, -0.05) is 34.8 Å². The van der Waals surface area contributed by atoms with E-state index in [-0.39, 0.29) is 4.49 Å². The van der Waals surface area contributed by atoms with Gasteiger partial charge in [0.15, 0.2) is 8.83 Å².